The van der Waals surface area contributed by atoms with E-state index in [1.54, 1.807) is 0 Å². The maximum Gasteiger partial charge on any atom is 0.245 e. The molecule has 0 aromatic heterocycles. The molecule has 109 heavy (non-hydrogen) atoms. The van der Waals surface area contributed by atoms with E-state index >= 15 is 0 Å². The normalized spacial score (nSPS) is 22.1. The lowest BCUT2D eigenvalue weighted by Gasteiger charge is -2.42. The molecule has 41 nitrogen and oxygen atoms in total. The number of aliphatic hydroxyl groups is 6. The Morgan fingerprint density at radius 1 is 0.385 bits per heavy atom. The van der Waals surface area contributed by atoms with Gasteiger partial charge in [0, 0.05) is 131 Å². The van der Waals surface area contributed by atoms with Crippen LogP contribution in [0, 0.1) is 0 Å². The number of carbonyl (C=O) groups excluding carboxylic acids is 12. The zero-order valence-corrected chi connectivity index (χ0v) is 63.3. The standard InChI is InChI=1S/C68H125N17O24/c1-46(88)78-61-65(102)63(100)49(42-86)108-67(61)77-19-12-6-5-11-17-73-59(98)44-106-34-32-104-30-20-75-56(95)36-48(37-57(96)76-21-31-105-33-35-107-45-60(99)74-18-13-7-9-15-55(94)81-68-62(79-47(2)89)66(103)64(101)50(43-87)109-68)80-54(93)14-8-3-4-10-16-72-58(97)41-85-28-26-83(39-52(70)91)24-22-82(38-51(69)90)23-25-84(27-29-85)40-53(71)92/h48-50,61-68,77,86-87,100-103H,3-45H2,1-2H3,(H2,69,90)(H2,70,91)(H2,71,92)(H,72,97)(H,73,98)(H,74,99)(H,75,95)(H,76,96)(H,78,88)(H,79,89)(H,80,93)(H,81,94)/t48?,49-,50-,61-,62-,63-,64-,65-,66-,67-,68-/m1/s1. The minimum absolute atomic E-state index is 0.0108. The number of aliphatic hydroxyl groups excluding tert-OH is 6. The number of primary amides is 3. The van der Waals surface area contributed by atoms with Gasteiger partial charge in [-0.15, -0.1) is 0 Å². The fourth-order valence-corrected chi connectivity index (χ4v) is 12.0. The summed E-state index contributed by atoms with van der Waals surface area (Å²) in [5.74, 6) is -5.18. The molecule has 3 saturated heterocycles. The lowest BCUT2D eigenvalue weighted by atomic mass is 9.95. The molecule has 626 valence electrons. The lowest BCUT2D eigenvalue weighted by molar-refractivity contribution is -0.203. The van der Waals surface area contributed by atoms with Crippen molar-refractivity contribution in [3.63, 3.8) is 0 Å². The van der Waals surface area contributed by atoms with Gasteiger partial charge in [-0.1, -0.05) is 32.1 Å². The molecule has 0 aliphatic carbocycles. The van der Waals surface area contributed by atoms with Crippen LogP contribution in [0.4, 0.5) is 0 Å². The van der Waals surface area contributed by atoms with E-state index in [1.807, 2.05) is 19.6 Å². The van der Waals surface area contributed by atoms with E-state index in [9.17, 15) is 88.2 Å². The van der Waals surface area contributed by atoms with Crippen LogP contribution in [0.5, 0.6) is 0 Å². The van der Waals surface area contributed by atoms with Crippen LogP contribution >= 0.6 is 0 Å². The zero-order chi connectivity index (χ0) is 80.3. The van der Waals surface area contributed by atoms with Crippen LogP contribution in [-0.4, -0.2) is 372 Å². The molecular weight excluding hydrogens is 1440 g/mol. The van der Waals surface area contributed by atoms with Crippen molar-refractivity contribution < 1.29 is 117 Å². The second-order valence-electron chi connectivity index (χ2n) is 27.1. The maximum atomic E-state index is 13.3. The molecule has 3 heterocycles. The lowest BCUT2D eigenvalue weighted by Crippen LogP contribution is -2.68. The molecule has 0 saturated carbocycles. The summed E-state index contributed by atoms with van der Waals surface area (Å²) in [6, 6.07) is -2.95. The predicted octanol–water partition coefficient (Wildman–Crippen LogP) is -9.76. The number of nitrogens with one attached hydrogen (secondary N) is 10. The Bertz CT molecular complexity index is 2690. The molecule has 3 fully saturated rings. The second kappa shape index (κ2) is 57.1. The SMILES string of the molecule is CC(=O)N[C@@H]1[C@@H](O)[C@H](O)[C@@H](CO)O[C@H]1NCCCCCCNC(=O)COCCOCCNC(=O)CC(CC(=O)NCCOCCOCC(=O)NCCCCCC(=O)N[C@@H]1O[C@H](CO)[C@@H](O)[C@H](O)[C@H]1NC(C)=O)NC(=O)CCCCCCNC(=O)CN1CCN(CC(N)=O)CCN(CC(N)=O)CCN(CC(N)=O)CC1. The highest BCUT2D eigenvalue weighted by Gasteiger charge is 2.46. The Morgan fingerprint density at radius 3 is 1.15 bits per heavy atom. The van der Waals surface area contributed by atoms with E-state index in [-0.39, 0.29) is 141 Å². The number of nitrogens with zero attached hydrogens (tertiary/aromatic N) is 4. The summed E-state index contributed by atoms with van der Waals surface area (Å²) in [5.41, 5.74) is 16.6. The molecule has 3 rings (SSSR count). The zero-order valence-electron chi connectivity index (χ0n) is 63.3. The van der Waals surface area contributed by atoms with Gasteiger partial charge in [0.1, 0.15) is 62.1 Å². The van der Waals surface area contributed by atoms with Gasteiger partial charge in [-0.2, -0.15) is 0 Å². The Balaban J connectivity index is 1.38. The van der Waals surface area contributed by atoms with Crippen LogP contribution in [0.2, 0.25) is 0 Å². The minimum atomic E-state index is -1.50. The van der Waals surface area contributed by atoms with E-state index in [4.69, 9.17) is 45.6 Å². The Labute approximate surface area is 636 Å². The fourth-order valence-electron chi connectivity index (χ4n) is 12.0. The van der Waals surface area contributed by atoms with Crippen LogP contribution in [0.3, 0.4) is 0 Å². The summed E-state index contributed by atoms with van der Waals surface area (Å²) >= 11 is 0. The molecule has 0 aromatic carbocycles. The molecule has 0 spiro atoms. The highest BCUT2D eigenvalue weighted by Crippen LogP contribution is 2.22. The number of unbranched alkanes of at least 4 members (excludes halogenated alkanes) is 8. The number of hydrogen-bond acceptors (Lipinski definition) is 29. The van der Waals surface area contributed by atoms with Crippen molar-refractivity contribution in [2.75, 3.05) is 184 Å². The van der Waals surface area contributed by atoms with Gasteiger partial charge in [-0.3, -0.25) is 82.5 Å². The molecule has 0 radical (unpaired) electrons. The van der Waals surface area contributed by atoms with Crippen LogP contribution < -0.4 is 70.4 Å². The van der Waals surface area contributed by atoms with Crippen LogP contribution in [0.25, 0.3) is 0 Å². The number of hydrogen-bond donors (Lipinski definition) is 19. The third-order valence-corrected chi connectivity index (χ3v) is 17.7. The molecule has 12 amide bonds. The van der Waals surface area contributed by atoms with Crippen LogP contribution in [0.1, 0.15) is 110 Å². The van der Waals surface area contributed by atoms with Gasteiger partial charge in [0.2, 0.25) is 70.9 Å². The van der Waals surface area contributed by atoms with Gasteiger partial charge in [0.05, 0.1) is 85.1 Å². The van der Waals surface area contributed by atoms with E-state index < -0.39 is 128 Å². The first kappa shape index (κ1) is 96.2. The molecule has 0 bridgehead atoms. The number of nitrogens with two attached hydrogens (primary N) is 3. The Kier molecular flexibility index (Phi) is 50.3. The Hall–Kier alpha value is -7.04. The van der Waals surface area contributed by atoms with Gasteiger partial charge in [-0.25, -0.2) is 0 Å². The maximum absolute atomic E-state index is 13.3. The quantitative estimate of drug-likeness (QED) is 0.0252. The van der Waals surface area contributed by atoms with Crippen LogP contribution in [-0.2, 0) is 86.0 Å². The van der Waals surface area contributed by atoms with Gasteiger partial charge < -0.3 is 124 Å². The van der Waals surface area contributed by atoms with E-state index in [0.29, 0.717) is 136 Å². The molecule has 41 heteroatoms. The Morgan fingerprint density at radius 2 is 0.734 bits per heavy atom. The molecule has 0 aromatic rings. The number of carbonyl (C=O) groups is 12. The van der Waals surface area contributed by atoms with Crippen molar-refractivity contribution >= 4 is 70.9 Å². The summed E-state index contributed by atoms with van der Waals surface area (Å²) in [4.78, 5) is 157. The van der Waals surface area contributed by atoms with Crippen LogP contribution in [0.15, 0.2) is 0 Å². The predicted molar refractivity (Wildman–Crippen MR) is 390 cm³/mol. The van der Waals surface area contributed by atoms with E-state index in [1.165, 1.54) is 13.8 Å². The summed E-state index contributed by atoms with van der Waals surface area (Å²) < 4.78 is 33.1. The molecule has 22 N–H and O–H groups in total. The summed E-state index contributed by atoms with van der Waals surface area (Å²) in [6.45, 7) is 6.36. The first-order chi connectivity index (χ1) is 52.2. The van der Waals surface area contributed by atoms with Crippen molar-refractivity contribution in [2.45, 2.75) is 177 Å². The average molecular weight is 1560 g/mol. The molecule has 1 unspecified atom stereocenters. The van der Waals surface area contributed by atoms with Gasteiger partial charge in [0.15, 0.2) is 6.23 Å². The summed E-state index contributed by atoms with van der Waals surface area (Å²) in [6.07, 6.45) is -3.29. The van der Waals surface area contributed by atoms with Crippen molar-refractivity contribution in [3.05, 3.63) is 0 Å². The van der Waals surface area contributed by atoms with E-state index in [0.717, 1.165) is 12.8 Å². The van der Waals surface area contributed by atoms with E-state index in [2.05, 4.69) is 53.2 Å². The second-order valence-corrected chi connectivity index (χ2v) is 27.1. The molecule has 11 atom stereocenters. The largest absolute Gasteiger partial charge is 0.394 e. The van der Waals surface area contributed by atoms with Crippen molar-refractivity contribution in [1.29, 1.82) is 0 Å². The number of amides is 12. The summed E-state index contributed by atoms with van der Waals surface area (Å²) in [5, 5.41) is 87.8. The molecule has 3 aliphatic rings. The third kappa shape index (κ3) is 44.6. The number of ether oxygens (including phenoxy) is 6. The smallest absolute Gasteiger partial charge is 0.245 e. The highest BCUT2D eigenvalue weighted by molar-refractivity contribution is 5.83. The van der Waals surface area contributed by atoms with Gasteiger partial charge in [-0.05, 0) is 45.1 Å². The molecule has 3 aliphatic heterocycles. The monoisotopic (exact) mass is 1560 g/mol. The molecular formula is C68H125N17O24. The van der Waals surface area contributed by atoms with Crippen molar-refractivity contribution in [3.8, 4) is 0 Å². The number of rotatable bonds is 55. The van der Waals surface area contributed by atoms with Crippen molar-refractivity contribution in [2.24, 2.45) is 17.2 Å². The first-order valence-electron chi connectivity index (χ1n) is 37.7. The average Bonchev–Trinajstić information content (AvgIpc) is 0.812. The first-order valence-corrected chi connectivity index (χ1v) is 37.7. The minimum Gasteiger partial charge on any atom is -0.394 e. The van der Waals surface area contributed by atoms with Gasteiger partial charge >= 0.3 is 0 Å². The van der Waals surface area contributed by atoms with Gasteiger partial charge in [0.25, 0.3) is 0 Å². The van der Waals surface area contributed by atoms with Crippen molar-refractivity contribution in [1.82, 2.24) is 72.8 Å². The topological polar surface area (TPSA) is 593 Å². The highest BCUT2D eigenvalue weighted by atomic mass is 16.6. The fraction of sp³-hybridized carbons (Fsp3) is 0.824. The summed E-state index contributed by atoms with van der Waals surface area (Å²) in [7, 11) is 0. The third-order valence-electron chi connectivity index (χ3n) is 17.7.